The Morgan fingerprint density at radius 2 is 2.05 bits per heavy atom. The number of hydrogen-bond acceptors (Lipinski definition) is 4. The fraction of sp³-hybridized carbons (Fsp3) is 0.500. The molecule has 0 atom stereocenters. The van der Waals surface area contributed by atoms with Crippen LogP contribution < -0.4 is 16.4 Å². The minimum atomic E-state index is 0.0947. The summed E-state index contributed by atoms with van der Waals surface area (Å²) in [6.45, 7) is 0. The number of anilines is 3. The van der Waals surface area contributed by atoms with Gasteiger partial charge in [-0.2, -0.15) is 11.8 Å². The van der Waals surface area contributed by atoms with Gasteiger partial charge in [0, 0.05) is 18.2 Å². The van der Waals surface area contributed by atoms with E-state index in [1.807, 2.05) is 23.9 Å². The largest absolute Gasteiger partial charge is 0.397 e. The monoisotopic (exact) mass is 277 g/mol. The molecule has 1 amide bonds. The van der Waals surface area contributed by atoms with Gasteiger partial charge in [-0.25, -0.2) is 0 Å². The van der Waals surface area contributed by atoms with E-state index in [9.17, 15) is 4.79 Å². The minimum absolute atomic E-state index is 0.0947. The maximum atomic E-state index is 11.4. The summed E-state index contributed by atoms with van der Waals surface area (Å²) in [6, 6.07) is 4.49. The summed E-state index contributed by atoms with van der Waals surface area (Å²) in [7, 11) is 0. The van der Waals surface area contributed by atoms with E-state index in [4.69, 9.17) is 5.73 Å². The van der Waals surface area contributed by atoms with Crippen molar-refractivity contribution in [2.75, 3.05) is 27.9 Å². The number of nitrogens with two attached hydrogens (primary N) is 1. The molecule has 0 unspecified atom stereocenters. The standard InChI is InChI=1S/C14H19N3OS/c15-11-7-9-1-2-14(18)17-12(9)8-13(11)16-10-3-5-19-6-4-10/h7-8,10,16H,1-6,15H2,(H,17,18). The van der Waals surface area contributed by atoms with E-state index in [-0.39, 0.29) is 5.91 Å². The van der Waals surface area contributed by atoms with Crippen LogP contribution in [0.3, 0.4) is 0 Å². The highest BCUT2D eigenvalue weighted by molar-refractivity contribution is 7.99. The second-order valence-electron chi connectivity index (χ2n) is 5.18. The van der Waals surface area contributed by atoms with Gasteiger partial charge < -0.3 is 16.4 Å². The van der Waals surface area contributed by atoms with Crippen molar-refractivity contribution in [1.82, 2.24) is 0 Å². The summed E-state index contributed by atoms with van der Waals surface area (Å²) >= 11 is 2.01. The Balaban J connectivity index is 1.80. The van der Waals surface area contributed by atoms with Gasteiger partial charge in [0.15, 0.2) is 0 Å². The average Bonchev–Trinajstić information content (AvgIpc) is 2.41. The van der Waals surface area contributed by atoms with E-state index in [2.05, 4.69) is 10.6 Å². The predicted octanol–water partition coefficient (Wildman–Crippen LogP) is 2.46. The molecule has 0 spiro atoms. The molecule has 5 heteroatoms. The van der Waals surface area contributed by atoms with Crippen molar-refractivity contribution >= 4 is 34.7 Å². The van der Waals surface area contributed by atoms with Gasteiger partial charge in [-0.1, -0.05) is 0 Å². The van der Waals surface area contributed by atoms with E-state index in [0.717, 1.165) is 29.0 Å². The van der Waals surface area contributed by atoms with Gasteiger partial charge in [0.1, 0.15) is 0 Å². The number of thioether (sulfide) groups is 1. The van der Waals surface area contributed by atoms with E-state index in [0.29, 0.717) is 12.5 Å². The van der Waals surface area contributed by atoms with Crippen LogP contribution in [0.2, 0.25) is 0 Å². The van der Waals surface area contributed by atoms with Crippen LogP contribution in [0.4, 0.5) is 17.1 Å². The summed E-state index contributed by atoms with van der Waals surface area (Å²) in [5, 5.41) is 6.45. The van der Waals surface area contributed by atoms with Gasteiger partial charge in [-0.05, 0) is 48.5 Å². The molecule has 4 N–H and O–H groups in total. The first-order chi connectivity index (χ1) is 9.22. The van der Waals surface area contributed by atoms with E-state index in [1.165, 1.54) is 24.3 Å². The minimum Gasteiger partial charge on any atom is -0.397 e. The molecule has 1 saturated heterocycles. The zero-order valence-electron chi connectivity index (χ0n) is 10.9. The van der Waals surface area contributed by atoms with Crippen LogP contribution in [-0.4, -0.2) is 23.5 Å². The smallest absolute Gasteiger partial charge is 0.224 e. The molecule has 102 valence electrons. The first kappa shape index (κ1) is 12.7. The van der Waals surface area contributed by atoms with Crippen molar-refractivity contribution in [2.24, 2.45) is 0 Å². The summed E-state index contributed by atoms with van der Waals surface area (Å²) in [6.07, 6.45) is 3.69. The molecule has 0 aromatic heterocycles. The maximum absolute atomic E-state index is 11.4. The normalized spacial score (nSPS) is 19.7. The fourth-order valence-corrected chi connectivity index (χ4v) is 3.74. The third-order valence-corrected chi connectivity index (χ3v) is 4.80. The molecule has 2 heterocycles. The van der Waals surface area contributed by atoms with Gasteiger partial charge in [0.25, 0.3) is 0 Å². The van der Waals surface area contributed by atoms with Crippen molar-refractivity contribution in [3.05, 3.63) is 17.7 Å². The number of amides is 1. The van der Waals surface area contributed by atoms with Crippen LogP contribution in [0.5, 0.6) is 0 Å². The van der Waals surface area contributed by atoms with E-state index < -0.39 is 0 Å². The van der Waals surface area contributed by atoms with Crippen LogP contribution >= 0.6 is 11.8 Å². The Bertz CT molecular complexity index is 498. The lowest BCUT2D eigenvalue weighted by molar-refractivity contribution is -0.116. The first-order valence-corrected chi connectivity index (χ1v) is 7.94. The third-order valence-electron chi connectivity index (χ3n) is 3.75. The first-order valence-electron chi connectivity index (χ1n) is 6.79. The molecular formula is C14H19N3OS. The van der Waals surface area contributed by atoms with Gasteiger partial charge in [-0.3, -0.25) is 4.79 Å². The topological polar surface area (TPSA) is 67.2 Å². The molecule has 1 fully saturated rings. The molecule has 2 aliphatic heterocycles. The Hall–Kier alpha value is -1.36. The number of nitrogens with one attached hydrogen (secondary N) is 2. The highest BCUT2D eigenvalue weighted by atomic mass is 32.2. The SMILES string of the molecule is Nc1cc2c(cc1NC1CCSCC1)NC(=O)CC2. The van der Waals surface area contributed by atoms with E-state index >= 15 is 0 Å². The van der Waals surface area contributed by atoms with Crippen molar-refractivity contribution in [3.63, 3.8) is 0 Å². The molecular weight excluding hydrogens is 258 g/mol. The number of rotatable bonds is 2. The van der Waals surface area contributed by atoms with E-state index in [1.54, 1.807) is 0 Å². The molecule has 0 saturated carbocycles. The number of benzene rings is 1. The molecule has 19 heavy (non-hydrogen) atoms. The Morgan fingerprint density at radius 3 is 2.84 bits per heavy atom. The molecule has 0 bridgehead atoms. The summed E-state index contributed by atoms with van der Waals surface area (Å²) in [5.41, 5.74) is 9.91. The van der Waals surface area contributed by atoms with Gasteiger partial charge in [0.2, 0.25) is 5.91 Å². The maximum Gasteiger partial charge on any atom is 0.224 e. The van der Waals surface area contributed by atoms with Gasteiger partial charge >= 0.3 is 0 Å². The summed E-state index contributed by atoms with van der Waals surface area (Å²) in [4.78, 5) is 11.4. The van der Waals surface area contributed by atoms with Crippen LogP contribution in [0.1, 0.15) is 24.8 Å². The number of hydrogen-bond donors (Lipinski definition) is 3. The number of fused-ring (bicyclic) bond motifs is 1. The van der Waals surface area contributed by atoms with Crippen molar-refractivity contribution in [2.45, 2.75) is 31.7 Å². The lowest BCUT2D eigenvalue weighted by Crippen LogP contribution is -2.25. The van der Waals surface area contributed by atoms with Gasteiger partial charge in [-0.15, -0.1) is 0 Å². The average molecular weight is 277 g/mol. The quantitative estimate of drug-likeness (QED) is 0.726. The molecule has 1 aromatic carbocycles. The Morgan fingerprint density at radius 1 is 1.26 bits per heavy atom. The lowest BCUT2D eigenvalue weighted by Gasteiger charge is -2.26. The molecule has 1 aromatic rings. The van der Waals surface area contributed by atoms with Crippen LogP contribution in [0.15, 0.2) is 12.1 Å². The predicted molar refractivity (Wildman–Crippen MR) is 81.8 cm³/mol. The highest BCUT2D eigenvalue weighted by Gasteiger charge is 2.19. The zero-order valence-corrected chi connectivity index (χ0v) is 11.7. The van der Waals surface area contributed by atoms with Crippen molar-refractivity contribution in [3.8, 4) is 0 Å². The fourth-order valence-electron chi connectivity index (χ4n) is 2.63. The number of aryl methyl sites for hydroxylation is 1. The Labute approximate surface area is 117 Å². The zero-order chi connectivity index (χ0) is 13.2. The van der Waals surface area contributed by atoms with Crippen molar-refractivity contribution < 1.29 is 4.79 Å². The lowest BCUT2D eigenvalue weighted by atomic mass is 10.0. The van der Waals surface area contributed by atoms with Gasteiger partial charge in [0.05, 0.1) is 11.4 Å². The third kappa shape index (κ3) is 2.81. The molecule has 2 aliphatic rings. The second-order valence-corrected chi connectivity index (χ2v) is 6.40. The number of carbonyl (C=O) groups is 1. The van der Waals surface area contributed by atoms with Crippen molar-refractivity contribution in [1.29, 1.82) is 0 Å². The van der Waals surface area contributed by atoms with Crippen LogP contribution in [-0.2, 0) is 11.2 Å². The molecule has 0 radical (unpaired) electrons. The molecule has 0 aliphatic carbocycles. The van der Waals surface area contributed by atoms with Crippen LogP contribution in [0, 0.1) is 0 Å². The Kier molecular flexibility index (Phi) is 3.55. The summed E-state index contributed by atoms with van der Waals surface area (Å²) < 4.78 is 0. The molecule has 3 rings (SSSR count). The number of carbonyl (C=O) groups excluding carboxylic acids is 1. The number of nitrogen functional groups attached to an aromatic ring is 1. The summed E-state index contributed by atoms with van der Waals surface area (Å²) in [5.74, 6) is 2.51. The van der Waals surface area contributed by atoms with Crippen LogP contribution in [0.25, 0.3) is 0 Å². The molecule has 4 nitrogen and oxygen atoms in total. The highest BCUT2D eigenvalue weighted by Crippen LogP contribution is 2.32. The second kappa shape index (κ2) is 5.33.